The van der Waals surface area contributed by atoms with Gasteiger partial charge in [-0.3, -0.25) is 4.79 Å². The van der Waals surface area contributed by atoms with Crippen LogP contribution in [0.1, 0.15) is 31.4 Å². The molecule has 0 aliphatic rings. The second kappa shape index (κ2) is 8.88. The van der Waals surface area contributed by atoms with Crippen LogP contribution in [0.25, 0.3) is 0 Å². The van der Waals surface area contributed by atoms with E-state index in [1.54, 1.807) is 19.1 Å². The Morgan fingerprint density at radius 1 is 1.12 bits per heavy atom. The fraction of sp³-hybridized carbons (Fsp3) is 0.278. The molecule has 0 heterocycles. The first kappa shape index (κ1) is 19.3. The molecule has 0 saturated carbocycles. The minimum atomic E-state index is -0.286. The molecule has 0 unspecified atom stereocenters. The summed E-state index contributed by atoms with van der Waals surface area (Å²) in [6.45, 7) is 4.04. The molecule has 0 N–H and O–H groups in total. The number of hydrogen-bond donors (Lipinski definition) is 0. The molecular weight excluding hydrogens is 459 g/mol. The SMILES string of the molecule is CCC(=O)Oc1cccc(Br)c1COc1cc(Cl)c(CC)cc1Br. The number of carbonyl (C=O) groups excluding carboxylic acids is 1. The topological polar surface area (TPSA) is 35.5 Å². The molecule has 0 bridgehead atoms. The highest BCUT2D eigenvalue weighted by molar-refractivity contribution is 9.10. The van der Waals surface area contributed by atoms with Crippen molar-refractivity contribution < 1.29 is 14.3 Å². The number of carbonyl (C=O) groups is 1. The third-order valence-corrected chi connectivity index (χ3v) is 5.16. The summed E-state index contributed by atoms with van der Waals surface area (Å²) in [4.78, 5) is 11.6. The molecule has 2 rings (SSSR count). The van der Waals surface area contributed by atoms with Crippen molar-refractivity contribution in [2.24, 2.45) is 0 Å². The van der Waals surface area contributed by atoms with E-state index in [1.165, 1.54) is 0 Å². The summed E-state index contributed by atoms with van der Waals surface area (Å²) in [5.41, 5.74) is 1.82. The number of benzene rings is 2. The van der Waals surface area contributed by atoms with Crippen molar-refractivity contribution in [3.8, 4) is 11.5 Å². The lowest BCUT2D eigenvalue weighted by molar-refractivity contribution is -0.134. The van der Waals surface area contributed by atoms with Gasteiger partial charge < -0.3 is 9.47 Å². The first-order valence-corrected chi connectivity index (χ1v) is 9.51. The van der Waals surface area contributed by atoms with Crippen molar-refractivity contribution in [2.45, 2.75) is 33.3 Å². The van der Waals surface area contributed by atoms with Crippen LogP contribution in [-0.2, 0) is 17.8 Å². The van der Waals surface area contributed by atoms with Gasteiger partial charge in [0.25, 0.3) is 0 Å². The molecule has 0 amide bonds. The number of rotatable bonds is 6. The molecule has 0 aromatic heterocycles. The van der Waals surface area contributed by atoms with E-state index >= 15 is 0 Å². The smallest absolute Gasteiger partial charge is 0.310 e. The highest BCUT2D eigenvalue weighted by atomic mass is 79.9. The summed E-state index contributed by atoms with van der Waals surface area (Å²) in [7, 11) is 0. The molecule has 2 aromatic carbocycles. The molecule has 0 aliphatic heterocycles. The number of ether oxygens (including phenoxy) is 2. The van der Waals surface area contributed by atoms with Crippen LogP contribution in [0.4, 0.5) is 0 Å². The molecule has 24 heavy (non-hydrogen) atoms. The summed E-state index contributed by atoms with van der Waals surface area (Å²) in [6, 6.07) is 9.19. The van der Waals surface area contributed by atoms with Gasteiger partial charge in [-0.25, -0.2) is 0 Å². The van der Waals surface area contributed by atoms with Gasteiger partial charge in [-0.05, 0) is 46.1 Å². The zero-order valence-electron chi connectivity index (χ0n) is 13.4. The van der Waals surface area contributed by atoms with Gasteiger partial charge in [0, 0.05) is 27.5 Å². The lowest BCUT2D eigenvalue weighted by Gasteiger charge is -2.14. The van der Waals surface area contributed by atoms with E-state index in [0.29, 0.717) is 22.9 Å². The van der Waals surface area contributed by atoms with Gasteiger partial charge >= 0.3 is 5.97 Å². The van der Waals surface area contributed by atoms with E-state index in [9.17, 15) is 4.79 Å². The van der Waals surface area contributed by atoms with Crippen molar-refractivity contribution in [2.75, 3.05) is 0 Å². The molecular formula is C18H17Br2ClO3. The fourth-order valence-electron chi connectivity index (χ4n) is 2.07. The van der Waals surface area contributed by atoms with Crippen LogP contribution in [0.5, 0.6) is 11.5 Å². The zero-order valence-corrected chi connectivity index (χ0v) is 17.3. The van der Waals surface area contributed by atoms with Gasteiger partial charge in [0.2, 0.25) is 0 Å². The first-order chi connectivity index (χ1) is 11.5. The van der Waals surface area contributed by atoms with Gasteiger partial charge in [0.05, 0.1) is 4.47 Å². The van der Waals surface area contributed by atoms with Crippen molar-refractivity contribution in [1.29, 1.82) is 0 Å². The van der Waals surface area contributed by atoms with E-state index in [0.717, 1.165) is 26.5 Å². The Hall–Kier alpha value is -1.04. The number of esters is 1. The van der Waals surface area contributed by atoms with Crippen molar-refractivity contribution in [3.63, 3.8) is 0 Å². The van der Waals surface area contributed by atoms with E-state index in [2.05, 4.69) is 31.9 Å². The lowest BCUT2D eigenvalue weighted by Crippen LogP contribution is -2.09. The Morgan fingerprint density at radius 2 is 1.88 bits per heavy atom. The highest BCUT2D eigenvalue weighted by Gasteiger charge is 2.14. The maximum atomic E-state index is 11.6. The molecule has 0 fully saturated rings. The molecule has 6 heteroatoms. The van der Waals surface area contributed by atoms with Crippen molar-refractivity contribution in [3.05, 3.63) is 55.4 Å². The second-order valence-corrected chi connectivity index (χ2v) is 7.18. The van der Waals surface area contributed by atoms with Gasteiger partial charge in [0.1, 0.15) is 18.1 Å². The average Bonchev–Trinajstić information content (AvgIpc) is 2.56. The molecule has 128 valence electrons. The minimum absolute atomic E-state index is 0.244. The lowest BCUT2D eigenvalue weighted by atomic mass is 10.1. The Bertz CT molecular complexity index is 747. The predicted octanol–water partition coefficient (Wildman–Crippen LogP) is 6.32. The summed E-state index contributed by atoms with van der Waals surface area (Å²) in [6.07, 6.45) is 1.16. The van der Waals surface area contributed by atoms with Gasteiger partial charge in [0.15, 0.2) is 0 Å². The molecule has 0 saturated heterocycles. The molecule has 3 nitrogen and oxygen atoms in total. The minimum Gasteiger partial charge on any atom is -0.487 e. The number of halogens is 3. The zero-order chi connectivity index (χ0) is 17.7. The fourth-order valence-corrected chi connectivity index (χ4v) is 3.33. The Labute approximate surface area is 163 Å². The second-order valence-electron chi connectivity index (χ2n) is 5.06. The van der Waals surface area contributed by atoms with Crippen LogP contribution >= 0.6 is 43.5 Å². The van der Waals surface area contributed by atoms with Crippen LogP contribution < -0.4 is 9.47 Å². The highest BCUT2D eigenvalue weighted by Crippen LogP contribution is 2.34. The summed E-state index contributed by atoms with van der Waals surface area (Å²) >= 11 is 13.2. The van der Waals surface area contributed by atoms with E-state index in [4.69, 9.17) is 21.1 Å². The molecule has 2 aromatic rings. The van der Waals surface area contributed by atoms with Crippen molar-refractivity contribution in [1.82, 2.24) is 0 Å². The average molecular weight is 477 g/mol. The summed E-state index contributed by atoms with van der Waals surface area (Å²) in [5, 5.41) is 0.667. The summed E-state index contributed by atoms with van der Waals surface area (Å²) in [5.74, 6) is 0.843. The van der Waals surface area contributed by atoms with E-state index < -0.39 is 0 Å². The molecule has 0 radical (unpaired) electrons. The Morgan fingerprint density at radius 3 is 2.54 bits per heavy atom. The van der Waals surface area contributed by atoms with Gasteiger partial charge in [-0.15, -0.1) is 0 Å². The van der Waals surface area contributed by atoms with E-state index in [1.807, 2.05) is 25.1 Å². The monoisotopic (exact) mass is 474 g/mol. The van der Waals surface area contributed by atoms with Crippen LogP contribution in [0.2, 0.25) is 5.02 Å². The van der Waals surface area contributed by atoms with Crippen molar-refractivity contribution >= 4 is 49.4 Å². The first-order valence-electron chi connectivity index (χ1n) is 7.55. The number of aryl methyl sites for hydroxylation is 1. The standard InChI is InChI=1S/C18H17Br2ClO3/c1-3-11-8-14(20)17(9-15(11)21)23-10-12-13(19)6-5-7-16(12)24-18(22)4-2/h5-9H,3-4,10H2,1-2H3. The quantitative estimate of drug-likeness (QED) is 0.361. The summed E-state index contributed by atoms with van der Waals surface area (Å²) < 4.78 is 12.9. The maximum absolute atomic E-state index is 11.6. The Balaban J connectivity index is 2.23. The van der Waals surface area contributed by atoms with Gasteiger partial charge in [-0.2, -0.15) is 0 Å². The molecule has 0 spiro atoms. The third-order valence-electron chi connectivity index (χ3n) is 3.44. The van der Waals surface area contributed by atoms with E-state index in [-0.39, 0.29) is 12.6 Å². The molecule has 0 atom stereocenters. The Kier molecular flexibility index (Phi) is 7.14. The largest absolute Gasteiger partial charge is 0.487 e. The van der Waals surface area contributed by atoms with Gasteiger partial charge in [-0.1, -0.05) is 47.4 Å². The van der Waals surface area contributed by atoms with Crippen LogP contribution in [0.3, 0.4) is 0 Å². The van der Waals surface area contributed by atoms with Crippen LogP contribution in [0, 0.1) is 0 Å². The maximum Gasteiger partial charge on any atom is 0.310 e. The molecule has 0 aliphatic carbocycles. The van der Waals surface area contributed by atoms with Crippen LogP contribution in [0.15, 0.2) is 39.3 Å². The number of hydrogen-bond acceptors (Lipinski definition) is 3. The normalized spacial score (nSPS) is 10.5. The third kappa shape index (κ3) is 4.74. The predicted molar refractivity (Wildman–Crippen MR) is 103 cm³/mol. The van der Waals surface area contributed by atoms with Crippen LogP contribution in [-0.4, -0.2) is 5.97 Å².